The molecule has 2 heterocycles. The molecule has 4 aromatic rings. The van der Waals surface area contributed by atoms with Crippen molar-refractivity contribution in [1.29, 1.82) is 0 Å². The van der Waals surface area contributed by atoms with Crippen LogP contribution < -0.4 is 8.92 Å². The first kappa shape index (κ1) is 22.3. The molecule has 0 atom stereocenters. The van der Waals surface area contributed by atoms with Gasteiger partial charge in [-0.1, -0.05) is 0 Å². The van der Waals surface area contributed by atoms with Crippen LogP contribution in [0.1, 0.15) is 22.5 Å². The van der Waals surface area contributed by atoms with E-state index in [1.807, 2.05) is 26.0 Å². The van der Waals surface area contributed by atoms with Crippen molar-refractivity contribution in [2.45, 2.75) is 27.7 Å². The molecule has 2 nitrogen and oxygen atoms in total. The molecular weight excluding hydrogens is 645 g/mol. The Morgan fingerprint density at radius 1 is 0.630 bits per heavy atom. The number of aryl methyl sites for hydroxylation is 4. The van der Waals surface area contributed by atoms with E-state index in [0.29, 0.717) is 0 Å². The molecule has 0 unspecified atom stereocenters. The molecule has 0 saturated carbocycles. The minimum absolute atomic E-state index is 0. The maximum absolute atomic E-state index is 4.50. The first-order valence-electron chi connectivity index (χ1n) is 8.45. The van der Waals surface area contributed by atoms with Crippen molar-refractivity contribution in [3.63, 3.8) is 0 Å². The zero-order valence-corrected chi connectivity index (χ0v) is 21.3. The summed E-state index contributed by atoms with van der Waals surface area (Å²) in [7, 11) is 0. The summed E-state index contributed by atoms with van der Waals surface area (Å²) in [6, 6.07) is 16.7. The molecule has 0 bridgehead atoms. The number of aromatic nitrogens is 2. The monoisotopic (exact) mass is 667 g/mol. The largest absolute Gasteiger partial charge is 0 e. The van der Waals surface area contributed by atoms with E-state index in [4.69, 9.17) is 0 Å². The molecule has 2 aromatic heterocycles. The van der Waals surface area contributed by atoms with Gasteiger partial charge in [0.2, 0.25) is 0 Å². The second-order valence-corrected chi connectivity index (χ2v) is 8.31. The summed E-state index contributed by atoms with van der Waals surface area (Å²) in [5, 5.41) is 2.48. The van der Waals surface area contributed by atoms with E-state index in [1.54, 1.807) is 0 Å². The fraction of sp³-hybridized carbons (Fsp3) is 0.182. The number of fused-ring (bicyclic) bond motifs is 2. The maximum atomic E-state index is 4.50. The van der Waals surface area contributed by atoms with Gasteiger partial charge in [-0.3, -0.25) is 0 Å². The molecule has 0 aliphatic carbocycles. The summed E-state index contributed by atoms with van der Waals surface area (Å²) in [5.41, 5.74) is 6.90. The fourth-order valence-corrected chi connectivity index (χ4v) is 4.09. The van der Waals surface area contributed by atoms with Gasteiger partial charge in [0, 0.05) is 21.1 Å². The fourth-order valence-electron chi connectivity index (χ4n) is 3.11. The van der Waals surface area contributed by atoms with Crippen LogP contribution in [0.2, 0.25) is 0 Å². The predicted molar refractivity (Wildman–Crippen MR) is 113 cm³/mol. The maximum Gasteiger partial charge on any atom is 0 e. The molecule has 2 aromatic carbocycles. The topological polar surface area (TPSA) is 25.8 Å². The average molecular weight is 665 g/mol. The number of hydrogen-bond acceptors (Lipinski definition) is 2. The van der Waals surface area contributed by atoms with E-state index in [-0.39, 0.29) is 21.1 Å². The minimum atomic E-state index is 0. The molecule has 0 amide bonds. The summed E-state index contributed by atoms with van der Waals surface area (Å²) in [6.45, 7) is 8.30. The number of pyridine rings is 2. The van der Waals surface area contributed by atoms with Gasteiger partial charge in [-0.15, -0.1) is 0 Å². The van der Waals surface area contributed by atoms with E-state index in [1.165, 1.54) is 21.9 Å². The number of hydrogen-bond donors (Lipinski definition) is 0. The molecule has 0 aliphatic heterocycles. The summed E-state index contributed by atoms with van der Waals surface area (Å²) in [6.07, 6.45) is 0. The zero-order chi connectivity index (χ0) is 18.8. The third-order valence-electron chi connectivity index (χ3n) is 4.27. The Labute approximate surface area is 191 Å². The first-order valence-corrected chi connectivity index (χ1v) is 10.2. The summed E-state index contributed by atoms with van der Waals surface area (Å²) in [5.74, 6) is 0. The van der Waals surface area contributed by atoms with Crippen LogP contribution in [0.15, 0.2) is 48.5 Å². The van der Waals surface area contributed by atoms with Crippen LogP contribution >= 0.6 is 0 Å². The van der Waals surface area contributed by atoms with Crippen molar-refractivity contribution < 1.29 is 21.1 Å². The Kier molecular flexibility index (Phi) is 7.80. The Morgan fingerprint density at radius 2 is 1.00 bits per heavy atom. The Morgan fingerprint density at radius 3 is 1.37 bits per heavy atom. The predicted octanol–water partition coefficient (Wildman–Crippen LogP) is 3.29. The smallest absolute Gasteiger partial charge is 0 e. The van der Waals surface area contributed by atoms with E-state index >= 15 is 0 Å². The Balaban J connectivity index is 0.000000187. The molecule has 0 N–H and O–H groups in total. The van der Waals surface area contributed by atoms with Crippen LogP contribution in [-0.4, -0.2) is 42.0 Å². The normalized spacial score (nSPS) is 10.2. The molecule has 27 heavy (non-hydrogen) atoms. The van der Waals surface area contributed by atoms with Gasteiger partial charge >= 0.3 is 171 Å². The van der Waals surface area contributed by atoms with Gasteiger partial charge in [0.15, 0.2) is 0 Å². The van der Waals surface area contributed by atoms with Crippen molar-refractivity contribution in [3.8, 4) is 0 Å². The molecule has 0 aliphatic rings. The molecule has 140 valence electrons. The van der Waals surface area contributed by atoms with Crippen LogP contribution in [-0.2, 0) is 21.1 Å². The molecule has 2 radical (unpaired) electrons. The third-order valence-corrected chi connectivity index (χ3v) is 5.66. The van der Waals surface area contributed by atoms with Gasteiger partial charge in [0.05, 0.1) is 0 Å². The number of benzene rings is 2. The Hall–Kier alpha value is -1.01. The van der Waals surface area contributed by atoms with Gasteiger partial charge in [-0.05, 0) is 0 Å². The minimum Gasteiger partial charge on any atom is 0 e. The van der Waals surface area contributed by atoms with Crippen LogP contribution in [0.3, 0.4) is 0 Å². The average Bonchev–Trinajstić information content (AvgIpc) is 2.57. The van der Waals surface area contributed by atoms with E-state index in [2.05, 4.69) is 92.2 Å². The van der Waals surface area contributed by atoms with Gasteiger partial charge < -0.3 is 0 Å². The van der Waals surface area contributed by atoms with Crippen LogP contribution in [0.25, 0.3) is 21.8 Å². The van der Waals surface area contributed by atoms with Crippen LogP contribution in [0.5, 0.6) is 0 Å². The Bertz CT molecular complexity index is 1020. The van der Waals surface area contributed by atoms with E-state index < -0.39 is 0 Å². The molecule has 0 saturated heterocycles. The molecular formula is C22H20N2PtSe2. The third kappa shape index (κ3) is 5.08. The van der Waals surface area contributed by atoms with Gasteiger partial charge in [-0.2, -0.15) is 0 Å². The molecule has 0 spiro atoms. The molecule has 0 fully saturated rings. The summed E-state index contributed by atoms with van der Waals surface area (Å²) in [4.78, 5) is 9.01. The van der Waals surface area contributed by atoms with Crippen molar-refractivity contribution in [1.82, 2.24) is 9.97 Å². The molecule has 4 rings (SSSR count). The zero-order valence-electron chi connectivity index (χ0n) is 15.6. The van der Waals surface area contributed by atoms with Crippen molar-refractivity contribution in [3.05, 3.63) is 71.0 Å². The van der Waals surface area contributed by atoms with E-state index in [0.717, 1.165) is 31.3 Å². The second kappa shape index (κ2) is 9.46. The number of para-hydroxylation sites is 2. The van der Waals surface area contributed by atoms with Gasteiger partial charge in [0.25, 0.3) is 0 Å². The van der Waals surface area contributed by atoms with Crippen molar-refractivity contribution in [2.75, 3.05) is 0 Å². The van der Waals surface area contributed by atoms with Crippen molar-refractivity contribution in [2.24, 2.45) is 0 Å². The van der Waals surface area contributed by atoms with Gasteiger partial charge in [0.1, 0.15) is 0 Å². The number of rotatable bonds is 0. The summed E-state index contributed by atoms with van der Waals surface area (Å²) >= 11 is 6.07. The van der Waals surface area contributed by atoms with Gasteiger partial charge in [-0.25, -0.2) is 0 Å². The molecule has 5 heteroatoms. The van der Waals surface area contributed by atoms with Crippen LogP contribution in [0, 0.1) is 27.7 Å². The SMILES string of the molecule is Cc1cc(C)c2cccc([Se])c2n1.Cc1cc(C)c2cccc([Se])c2n1.[Pt]. The second-order valence-electron chi connectivity index (χ2n) is 6.47. The van der Waals surface area contributed by atoms with E-state index in [9.17, 15) is 0 Å². The quantitative estimate of drug-likeness (QED) is 0.270. The summed E-state index contributed by atoms with van der Waals surface area (Å²) < 4.78 is 2.26. The number of nitrogens with zero attached hydrogens (tertiary/aromatic N) is 2. The first-order chi connectivity index (χ1) is 12.4. The standard InChI is InChI=1S/2C11H10NSe.Pt/c2*1-7-6-8(2)12-11-9(7)4-3-5-10(11)13;/h2*3-6H,1-2H3;. The van der Waals surface area contributed by atoms with Crippen molar-refractivity contribution >= 4 is 62.8 Å². The van der Waals surface area contributed by atoms with Crippen LogP contribution in [0.4, 0.5) is 0 Å².